The third kappa shape index (κ3) is 2.93. The smallest absolute Gasteiger partial charge is 0.410 e. The topological polar surface area (TPSA) is 47.4 Å². The number of aromatic nitrogens is 2. The number of fused-ring (bicyclic) bond motifs is 2. The van der Waals surface area contributed by atoms with Crippen LogP contribution in [0.3, 0.4) is 0 Å². The van der Waals surface area contributed by atoms with Gasteiger partial charge >= 0.3 is 6.09 Å². The van der Waals surface area contributed by atoms with Gasteiger partial charge in [0.05, 0.1) is 5.69 Å². The van der Waals surface area contributed by atoms with E-state index in [1.54, 1.807) is 0 Å². The SMILES string of the molecule is CCc1nn(CC)c2c1C1(CC2)CCN(C(=O)OC(C)(C)C)CC1. The third-order valence-electron chi connectivity index (χ3n) is 5.51. The number of aryl methyl sites for hydroxylation is 2. The number of likely N-dealkylation sites (tertiary alicyclic amines) is 1. The molecule has 0 N–H and O–H groups in total. The molecule has 1 saturated heterocycles. The maximum absolute atomic E-state index is 12.3. The maximum Gasteiger partial charge on any atom is 0.410 e. The largest absolute Gasteiger partial charge is 0.444 e. The number of amides is 1. The highest BCUT2D eigenvalue weighted by Gasteiger charge is 2.45. The lowest BCUT2D eigenvalue weighted by molar-refractivity contribution is 0.0163. The summed E-state index contributed by atoms with van der Waals surface area (Å²) in [6, 6.07) is 0. The number of hydrogen-bond acceptors (Lipinski definition) is 3. The molecule has 2 aliphatic rings. The Hall–Kier alpha value is -1.52. The van der Waals surface area contributed by atoms with Crippen molar-refractivity contribution in [1.29, 1.82) is 0 Å². The van der Waals surface area contributed by atoms with Crippen LogP contribution >= 0.6 is 0 Å². The van der Waals surface area contributed by atoms with Gasteiger partial charge in [-0.15, -0.1) is 0 Å². The predicted octanol–water partition coefficient (Wildman–Crippen LogP) is 3.68. The second-order valence-corrected chi connectivity index (χ2v) is 8.19. The normalized spacial score (nSPS) is 19.6. The van der Waals surface area contributed by atoms with Crippen LogP contribution < -0.4 is 0 Å². The number of carbonyl (C=O) groups excluding carboxylic acids is 1. The van der Waals surface area contributed by atoms with Crippen LogP contribution in [0, 0.1) is 0 Å². The summed E-state index contributed by atoms with van der Waals surface area (Å²) < 4.78 is 7.73. The fourth-order valence-electron chi connectivity index (χ4n) is 4.35. The van der Waals surface area contributed by atoms with E-state index in [4.69, 9.17) is 9.84 Å². The van der Waals surface area contributed by atoms with E-state index in [1.807, 2.05) is 25.7 Å². The summed E-state index contributed by atoms with van der Waals surface area (Å²) >= 11 is 0. The molecule has 1 amide bonds. The molecule has 0 atom stereocenters. The van der Waals surface area contributed by atoms with Crippen molar-refractivity contribution < 1.29 is 9.53 Å². The van der Waals surface area contributed by atoms with Gasteiger partial charge < -0.3 is 9.64 Å². The van der Waals surface area contributed by atoms with Crippen LogP contribution in [-0.2, 0) is 29.5 Å². The van der Waals surface area contributed by atoms with Gasteiger partial charge in [0.25, 0.3) is 0 Å². The summed E-state index contributed by atoms with van der Waals surface area (Å²) in [6.45, 7) is 12.7. The zero-order valence-electron chi connectivity index (χ0n) is 15.8. The number of nitrogens with zero attached hydrogens (tertiary/aromatic N) is 3. The Labute approximate surface area is 145 Å². The fourth-order valence-corrected chi connectivity index (χ4v) is 4.35. The van der Waals surface area contributed by atoms with Gasteiger partial charge in [-0.1, -0.05) is 6.92 Å². The van der Waals surface area contributed by atoms with Crippen LogP contribution in [0.25, 0.3) is 0 Å². The lowest BCUT2D eigenvalue weighted by atomic mass is 9.73. The van der Waals surface area contributed by atoms with Crippen molar-refractivity contribution >= 4 is 6.09 Å². The van der Waals surface area contributed by atoms with Crippen molar-refractivity contribution in [3.8, 4) is 0 Å². The van der Waals surface area contributed by atoms with Crippen LogP contribution in [0.1, 0.15) is 70.8 Å². The summed E-state index contributed by atoms with van der Waals surface area (Å²) in [5, 5.41) is 4.83. The highest BCUT2D eigenvalue weighted by atomic mass is 16.6. The zero-order chi connectivity index (χ0) is 17.5. The van der Waals surface area contributed by atoms with E-state index < -0.39 is 5.60 Å². The summed E-state index contributed by atoms with van der Waals surface area (Å²) in [4.78, 5) is 14.2. The lowest BCUT2D eigenvalue weighted by Crippen LogP contribution is -2.46. The highest BCUT2D eigenvalue weighted by molar-refractivity contribution is 5.68. The molecule has 134 valence electrons. The molecule has 5 nitrogen and oxygen atoms in total. The van der Waals surface area contributed by atoms with Crippen molar-refractivity contribution in [2.24, 2.45) is 0 Å². The first-order chi connectivity index (χ1) is 11.3. The van der Waals surface area contributed by atoms with Crippen LogP contribution in [0.2, 0.25) is 0 Å². The van der Waals surface area contributed by atoms with Gasteiger partial charge in [-0.2, -0.15) is 5.10 Å². The fraction of sp³-hybridized carbons (Fsp3) is 0.789. The third-order valence-corrected chi connectivity index (χ3v) is 5.51. The van der Waals surface area contributed by atoms with Gasteiger partial charge in [0.1, 0.15) is 5.60 Å². The molecule has 2 heterocycles. The van der Waals surface area contributed by atoms with Crippen LogP contribution in [0.15, 0.2) is 0 Å². The van der Waals surface area contributed by atoms with E-state index in [9.17, 15) is 4.79 Å². The van der Waals surface area contributed by atoms with Crippen LogP contribution in [-0.4, -0.2) is 39.5 Å². The van der Waals surface area contributed by atoms with Crippen LogP contribution in [0.5, 0.6) is 0 Å². The summed E-state index contributed by atoms with van der Waals surface area (Å²) in [5.41, 5.74) is 4.03. The van der Waals surface area contributed by atoms with Crippen molar-refractivity contribution in [2.75, 3.05) is 13.1 Å². The monoisotopic (exact) mass is 333 g/mol. The van der Waals surface area contributed by atoms with E-state index in [1.165, 1.54) is 23.4 Å². The number of piperidine rings is 1. The van der Waals surface area contributed by atoms with Crippen molar-refractivity contribution in [3.05, 3.63) is 17.0 Å². The van der Waals surface area contributed by atoms with E-state index in [2.05, 4.69) is 18.5 Å². The Kier molecular flexibility index (Phi) is 4.39. The molecule has 1 spiro atoms. The molecule has 0 saturated carbocycles. The molecular weight excluding hydrogens is 302 g/mol. The van der Waals surface area contributed by atoms with Gasteiger partial charge in [-0.3, -0.25) is 4.68 Å². The van der Waals surface area contributed by atoms with Crippen LogP contribution in [0.4, 0.5) is 4.79 Å². The number of hydrogen-bond donors (Lipinski definition) is 0. The maximum atomic E-state index is 12.3. The molecule has 0 bridgehead atoms. The average Bonchev–Trinajstić information content (AvgIpc) is 3.06. The molecule has 1 aliphatic heterocycles. The molecule has 1 aromatic rings. The first-order valence-corrected chi connectivity index (χ1v) is 9.36. The average molecular weight is 333 g/mol. The molecule has 0 radical (unpaired) electrons. The Bertz CT molecular complexity index is 619. The van der Waals surface area contributed by atoms with Gasteiger partial charge in [0, 0.05) is 36.3 Å². The van der Waals surface area contributed by atoms with Crippen molar-refractivity contribution in [2.45, 2.75) is 84.3 Å². The van der Waals surface area contributed by atoms with E-state index >= 15 is 0 Å². The van der Waals surface area contributed by atoms with Crippen molar-refractivity contribution in [1.82, 2.24) is 14.7 Å². The molecule has 3 rings (SSSR count). The molecule has 24 heavy (non-hydrogen) atoms. The van der Waals surface area contributed by atoms with Crippen molar-refractivity contribution in [3.63, 3.8) is 0 Å². The van der Waals surface area contributed by atoms with Gasteiger partial charge in [0.2, 0.25) is 0 Å². The number of rotatable bonds is 2. The summed E-state index contributed by atoms with van der Waals surface area (Å²) in [6.07, 6.45) is 5.21. The molecule has 1 aliphatic carbocycles. The number of ether oxygens (including phenoxy) is 1. The van der Waals surface area contributed by atoms with Gasteiger partial charge in [-0.05, 0) is 59.8 Å². The highest BCUT2D eigenvalue weighted by Crippen LogP contribution is 2.48. The van der Waals surface area contributed by atoms with E-state index in [0.717, 1.165) is 45.3 Å². The molecule has 1 fully saturated rings. The van der Waals surface area contributed by atoms with E-state index in [-0.39, 0.29) is 11.5 Å². The minimum absolute atomic E-state index is 0.171. The second kappa shape index (κ2) is 6.08. The predicted molar refractivity (Wildman–Crippen MR) is 94.3 cm³/mol. The Morgan fingerprint density at radius 3 is 2.42 bits per heavy atom. The molecule has 0 aromatic carbocycles. The second-order valence-electron chi connectivity index (χ2n) is 8.19. The molecular formula is C19H31N3O2. The minimum Gasteiger partial charge on any atom is -0.444 e. The minimum atomic E-state index is -0.426. The Morgan fingerprint density at radius 1 is 1.21 bits per heavy atom. The van der Waals surface area contributed by atoms with Gasteiger partial charge in [0.15, 0.2) is 0 Å². The number of carbonyl (C=O) groups is 1. The lowest BCUT2D eigenvalue weighted by Gasteiger charge is -2.40. The zero-order valence-corrected chi connectivity index (χ0v) is 15.8. The summed E-state index contributed by atoms with van der Waals surface area (Å²) in [5.74, 6) is 0. The summed E-state index contributed by atoms with van der Waals surface area (Å²) in [7, 11) is 0. The standard InChI is InChI=1S/C19H31N3O2/c1-6-14-16-15(22(7-2)20-14)8-9-19(16)10-12-21(13-11-19)17(23)24-18(3,4)5/h6-13H2,1-5H3. The first kappa shape index (κ1) is 17.3. The Morgan fingerprint density at radius 2 is 1.88 bits per heavy atom. The molecule has 1 aromatic heterocycles. The Balaban J connectivity index is 1.76. The van der Waals surface area contributed by atoms with E-state index in [0.29, 0.717) is 0 Å². The molecule has 0 unspecified atom stereocenters. The quantitative estimate of drug-likeness (QED) is 0.829. The first-order valence-electron chi connectivity index (χ1n) is 9.36. The molecule has 5 heteroatoms. The van der Waals surface area contributed by atoms with Gasteiger partial charge in [-0.25, -0.2) is 4.79 Å².